The zero-order chi connectivity index (χ0) is 45.4. The minimum atomic E-state index is 1.09. The second-order valence-corrected chi connectivity index (χ2v) is 17.2. The molecule has 0 N–H and O–H groups in total. The molecule has 0 saturated carbocycles. The monoisotopic (exact) mass is 857 g/mol. The first-order valence-electron chi connectivity index (χ1n) is 23.0. The maximum Gasteiger partial charge on any atom is 0.0462 e. The molecule has 0 fully saturated rings. The molecule has 0 saturated heterocycles. The summed E-state index contributed by atoms with van der Waals surface area (Å²) in [5.74, 6) is 0. The van der Waals surface area contributed by atoms with Gasteiger partial charge in [-0.25, -0.2) is 0 Å². The van der Waals surface area contributed by atoms with E-state index in [4.69, 9.17) is 0 Å². The van der Waals surface area contributed by atoms with Crippen LogP contribution in [0.4, 0.5) is 17.1 Å². The molecule has 0 aliphatic heterocycles. The third-order valence-corrected chi connectivity index (χ3v) is 12.5. The van der Waals surface area contributed by atoms with Crippen molar-refractivity contribution in [1.82, 2.24) is 0 Å². The fourth-order valence-electron chi connectivity index (χ4n) is 8.54. The highest BCUT2D eigenvalue weighted by molar-refractivity contribution is 5.93. The van der Waals surface area contributed by atoms with Gasteiger partial charge in [0.05, 0.1) is 0 Å². The molecule has 0 aliphatic rings. The van der Waals surface area contributed by atoms with E-state index in [9.17, 15) is 0 Å². The highest BCUT2D eigenvalue weighted by atomic mass is 15.1. The third-order valence-electron chi connectivity index (χ3n) is 12.5. The molecule has 10 aromatic carbocycles. The Labute approximate surface area is 395 Å². The van der Waals surface area contributed by atoms with E-state index in [0.29, 0.717) is 0 Å². The summed E-state index contributed by atoms with van der Waals surface area (Å²) in [5.41, 5.74) is 20.0. The van der Waals surface area contributed by atoms with Crippen LogP contribution in [-0.2, 0) is 0 Å². The largest absolute Gasteiger partial charge is 0.311 e. The molecular weight excluding hydrogens is 807 g/mol. The second-order valence-electron chi connectivity index (χ2n) is 17.2. The summed E-state index contributed by atoms with van der Waals surface area (Å²) in [6.07, 6.45) is 13.1. The molecule has 10 rings (SSSR count). The molecule has 0 aromatic heterocycles. The number of nitrogens with zero attached hydrogens (tertiary/aromatic N) is 1. The van der Waals surface area contributed by atoms with Crippen molar-refractivity contribution < 1.29 is 0 Å². The van der Waals surface area contributed by atoms with E-state index < -0.39 is 0 Å². The normalized spacial score (nSPS) is 11.6. The minimum absolute atomic E-state index is 1.09. The van der Waals surface area contributed by atoms with Crippen LogP contribution in [-0.4, -0.2) is 0 Å². The lowest BCUT2D eigenvalue weighted by Crippen LogP contribution is -2.09. The van der Waals surface area contributed by atoms with Crippen LogP contribution >= 0.6 is 0 Å². The third kappa shape index (κ3) is 10.2. The van der Waals surface area contributed by atoms with Crippen molar-refractivity contribution in [2.24, 2.45) is 0 Å². The van der Waals surface area contributed by atoms with Gasteiger partial charge in [0, 0.05) is 17.1 Å². The lowest BCUT2D eigenvalue weighted by molar-refractivity contribution is 1.28. The predicted molar refractivity (Wildman–Crippen MR) is 291 cm³/mol. The molecule has 67 heavy (non-hydrogen) atoms. The molecule has 320 valence electrons. The summed E-state index contributed by atoms with van der Waals surface area (Å²) in [5, 5.41) is 2.52. The smallest absolute Gasteiger partial charge is 0.0462 e. The van der Waals surface area contributed by atoms with E-state index in [1.165, 1.54) is 88.7 Å². The first kappa shape index (κ1) is 42.4. The molecular formula is C66H51N. The summed E-state index contributed by atoms with van der Waals surface area (Å²) in [6, 6.07) is 85.4. The van der Waals surface area contributed by atoms with Gasteiger partial charge in [0.1, 0.15) is 0 Å². The van der Waals surface area contributed by atoms with Gasteiger partial charge in [0.25, 0.3) is 0 Å². The van der Waals surface area contributed by atoms with Crippen molar-refractivity contribution >= 4 is 64.3 Å². The highest BCUT2D eigenvalue weighted by Crippen LogP contribution is 2.38. The van der Waals surface area contributed by atoms with E-state index in [1.54, 1.807) is 0 Å². The molecule has 0 radical (unpaired) electrons. The summed E-state index contributed by atoms with van der Waals surface area (Å²) in [6.45, 7) is 4.23. The van der Waals surface area contributed by atoms with Gasteiger partial charge in [0.15, 0.2) is 0 Å². The van der Waals surface area contributed by atoms with Crippen molar-refractivity contribution in [3.63, 3.8) is 0 Å². The van der Waals surface area contributed by atoms with Crippen molar-refractivity contribution in [2.45, 2.75) is 13.8 Å². The average molecular weight is 858 g/mol. The summed E-state index contributed by atoms with van der Waals surface area (Å²) >= 11 is 0. The SMILES string of the molecule is Cc1ccc(/C=C/c2ccc(-c3ccc(N(c4ccc(-c5ccc(/C=C/c6ccc(C)cc6)cc5)cc4)c4ccc(-c5ccc(/C=C/c6cccc7ccccc67)cc5)cc4)cc3)cc2)cc1. The number of aryl methyl sites for hydroxylation is 2. The molecule has 0 heterocycles. The number of benzene rings is 10. The van der Waals surface area contributed by atoms with Gasteiger partial charge in [-0.3, -0.25) is 0 Å². The lowest BCUT2D eigenvalue weighted by atomic mass is 10.0. The minimum Gasteiger partial charge on any atom is -0.311 e. The number of anilines is 3. The van der Waals surface area contributed by atoms with E-state index >= 15 is 0 Å². The van der Waals surface area contributed by atoms with Crippen LogP contribution in [0.2, 0.25) is 0 Å². The fraction of sp³-hybridized carbons (Fsp3) is 0.0303. The summed E-state index contributed by atoms with van der Waals surface area (Å²) in [7, 11) is 0. The molecule has 0 amide bonds. The second kappa shape index (κ2) is 19.7. The quantitative estimate of drug-likeness (QED) is 0.111. The molecule has 1 heteroatoms. The van der Waals surface area contributed by atoms with Crippen molar-refractivity contribution in [1.29, 1.82) is 0 Å². The lowest BCUT2D eigenvalue weighted by Gasteiger charge is -2.26. The van der Waals surface area contributed by atoms with Gasteiger partial charge in [-0.2, -0.15) is 0 Å². The fourth-order valence-corrected chi connectivity index (χ4v) is 8.54. The Morgan fingerprint density at radius 3 is 0.896 bits per heavy atom. The van der Waals surface area contributed by atoms with Gasteiger partial charge in [-0.05, 0) is 128 Å². The zero-order valence-electron chi connectivity index (χ0n) is 37.9. The molecule has 0 aliphatic carbocycles. The molecule has 0 spiro atoms. The van der Waals surface area contributed by atoms with Crippen molar-refractivity contribution in [3.05, 3.63) is 281 Å². The van der Waals surface area contributed by atoms with Gasteiger partial charge >= 0.3 is 0 Å². The van der Waals surface area contributed by atoms with Crippen LogP contribution in [0, 0.1) is 13.8 Å². The molecule has 0 bridgehead atoms. The van der Waals surface area contributed by atoms with Crippen molar-refractivity contribution in [3.8, 4) is 33.4 Å². The number of hydrogen-bond acceptors (Lipinski definition) is 1. The zero-order valence-corrected chi connectivity index (χ0v) is 37.9. The van der Waals surface area contributed by atoms with Crippen LogP contribution in [0.15, 0.2) is 237 Å². The maximum atomic E-state index is 2.34. The van der Waals surface area contributed by atoms with Gasteiger partial charge in [-0.1, -0.05) is 248 Å². The number of fused-ring (bicyclic) bond motifs is 1. The summed E-state index contributed by atoms with van der Waals surface area (Å²) < 4.78 is 0. The van der Waals surface area contributed by atoms with Crippen LogP contribution in [0.1, 0.15) is 44.5 Å². The Hall–Kier alpha value is -8.52. The summed E-state index contributed by atoms with van der Waals surface area (Å²) in [4.78, 5) is 2.34. The number of rotatable bonds is 12. The van der Waals surface area contributed by atoms with Crippen LogP contribution in [0.5, 0.6) is 0 Å². The standard InChI is InChI=1S/C66H51N/c1-48-10-14-50(15-11-48)18-20-52-22-29-55(30-23-52)58-36-42-63(43-37-58)67(64-44-38-59(39-45-64)56-31-24-53(25-32-56)21-19-51-16-12-49(2)13-17-51)65-46-40-60(41-47-65)57-33-26-54(27-34-57)28-35-62-8-5-7-61-6-3-4-9-66(61)62/h3-47H,1-2H3/b20-18+,21-19+,35-28+. The Balaban J connectivity index is 0.897. The first-order valence-corrected chi connectivity index (χ1v) is 23.0. The van der Waals surface area contributed by atoms with E-state index in [2.05, 4.69) is 292 Å². The van der Waals surface area contributed by atoms with E-state index in [0.717, 1.165) is 17.1 Å². The van der Waals surface area contributed by atoms with Gasteiger partial charge in [0.2, 0.25) is 0 Å². The van der Waals surface area contributed by atoms with E-state index in [1.807, 2.05) is 0 Å². The van der Waals surface area contributed by atoms with Crippen molar-refractivity contribution in [2.75, 3.05) is 4.90 Å². The van der Waals surface area contributed by atoms with Crippen LogP contribution in [0.3, 0.4) is 0 Å². The highest BCUT2D eigenvalue weighted by Gasteiger charge is 2.14. The molecule has 0 atom stereocenters. The Morgan fingerprint density at radius 1 is 0.254 bits per heavy atom. The molecule has 0 unspecified atom stereocenters. The van der Waals surface area contributed by atoms with Gasteiger partial charge < -0.3 is 4.90 Å². The predicted octanol–water partition coefficient (Wildman–Crippen LogP) is 18.4. The Morgan fingerprint density at radius 2 is 0.537 bits per heavy atom. The Bertz CT molecular complexity index is 3170. The van der Waals surface area contributed by atoms with Crippen LogP contribution < -0.4 is 4.90 Å². The molecule has 10 aromatic rings. The topological polar surface area (TPSA) is 3.24 Å². The van der Waals surface area contributed by atoms with Gasteiger partial charge in [-0.15, -0.1) is 0 Å². The first-order chi connectivity index (χ1) is 33.0. The van der Waals surface area contributed by atoms with Crippen LogP contribution in [0.25, 0.3) is 80.6 Å². The molecule has 1 nitrogen and oxygen atoms in total. The number of hydrogen-bond donors (Lipinski definition) is 0. The maximum absolute atomic E-state index is 2.34. The Kier molecular flexibility index (Phi) is 12.5. The van der Waals surface area contributed by atoms with E-state index in [-0.39, 0.29) is 0 Å². The average Bonchev–Trinajstić information content (AvgIpc) is 3.39.